The van der Waals surface area contributed by atoms with Gasteiger partial charge in [0.1, 0.15) is 0 Å². The Morgan fingerprint density at radius 1 is 0.810 bits per heavy atom. The SMILES string of the molecule is C=C(C)c1ccc(Cc2ccc(C(=C)C)cc2I)c(I)c1. The molecule has 2 heteroatoms. The Bertz CT molecular complexity index is 650. The summed E-state index contributed by atoms with van der Waals surface area (Å²) in [6, 6.07) is 13.2. The maximum Gasteiger partial charge on any atom is 0.0171 e. The zero-order chi connectivity index (χ0) is 15.6. The zero-order valence-electron chi connectivity index (χ0n) is 12.3. The Morgan fingerprint density at radius 3 is 1.48 bits per heavy atom. The first-order chi connectivity index (χ1) is 9.88. The minimum atomic E-state index is 0.962. The highest BCUT2D eigenvalue weighted by molar-refractivity contribution is 14.1. The third-order valence-electron chi connectivity index (χ3n) is 3.47. The molecule has 0 fully saturated rings. The standard InChI is InChI=1S/C19H18I2/c1-12(2)14-5-7-16(18(20)10-14)9-17-8-6-15(13(3)4)11-19(17)21/h5-8,10-11H,1,3,9H2,2,4H3. The number of allylic oxidation sites excluding steroid dienone is 2. The minimum absolute atomic E-state index is 0.962. The van der Waals surface area contributed by atoms with Crippen molar-refractivity contribution in [1.82, 2.24) is 0 Å². The number of rotatable bonds is 4. The molecular formula is C19H18I2. The molecule has 0 aliphatic rings. The van der Waals surface area contributed by atoms with E-state index in [1.165, 1.54) is 29.4 Å². The van der Waals surface area contributed by atoms with Gasteiger partial charge in [-0.1, -0.05) is 48.6 Å². The molecule has 0 saturated carbocycles. The Hall–Kier alpha value is -0.620. The first-order valence-electron chi connectivity index (χ1n) is 6.77. The fourth-order valence-electron chi connectivity index (χ4n) is 2.12. The van der Waals surface area contributed by atoms with E-state index < -0.39 is 0 Å². The van der Waals surface area contributed by atoms with E-state index in [0.29, 0.717) is 0 Å². The lowest BCUT2D eigenvalue weighted by molar-refractivity contribution is 1.16. The van der Waals surface area contributed by atoms with Crippen molar-refractivity contribution in [2.75, 3.05) is 0 Å². The Labute approximate surface area is 154 Å². The van der Waals surface area contributed by atoms with Crippen LogP contribution >= 0.6 is 45.2 Å². The van der Waals surface area contributed by atoms with Crippen LogP contribution in [0.3, 0.4) is 0 Å². The molecular weight excluding hydrogens is 482 g/mol. The molecule has 2 rings (SSSR count). The molecule has 0 aromatic heterocycles. The lowest BCUT2D eigenvalue weighted by atomic mass is 10.00. The summed E-state index contributed by atoms with van der Waals surface area (Å²) in [4.78, 5) is 0. The van der Waals surface area contributed by atoms with Crippen molar-refractivity contribution in [2.24, 2.45) is 0 Å². The van der Waals surface area contributed by atoms with Crippen LogP contribution in [0.15, 0.2) is 49.6 Å². The summed E-state index contributed by atoms with van der Waals surface area (Å²) in [5.74, 6) is 0. The van der Waals surface area contributed by atoms with E-state index in [4.69, 9.17) is 0 Å². The minimum Gasteiger partial charge on any atom is -0.0955 e. The Balaban J connectivity index is 2.30. The maximum absolute atomic E-state index is 4.01. The van der Waals surface area contributed by atoms with Crippen LogP contribution in [0.2, 0.25) is 0 Å². The van der Waals surface area contributed by atoms with Crippen LogP contribution in [0.4, 0.5) is 0 Å². The van der Waals surface area contributed by atoms with E-state index in [1.54, 1.807) is 0 Å². The molecule has 0 unspecified atom stereocenters. The van der Waals surface area contributed by atoms with Crippen molar-refractivity contribution < 1.29 is 0 Å². The van der Waals surface area contributed by atoms with Crippen molar-refractivity contribution in [3.8, 4) is 0 Å². The van der Waals surface area contributed by atoms with E-state index in [1.807, 2.05) is 13.8 Å². The third kappa shape index (κ3) is 4.19. The molecule has 0 bridgehead atoms. The first kappa shape index (κ1) is 16.7. The van der Waals surface area contributed by atoms with Crippen LogP contribution in [0.1, 0.15) is 36.1 Å². The molecule has 108 valence electrons. The van der Waals surface area contributed by atoms with Crippen molar-refractivity contribution >= 4 is 56.3 Å². The molecule has 2 aromatic rings. The summed E-state index contributed by atoms with van der Waals surface area (Å²) in [6.45, 7) is 12.1. The predicted octanol–water partition coefficient (Wildman–Crippen LogP) is 6.55. The molecule has 0 amide bonds. The molecule has 0 nitrogen and oxygen atoms in total. The van der Waals surface area contributed by atoms with Crippen molar-refractivity contribution in [3.05, 3.63) is 79.0 Å². The second-order valence-electron chi connectivity index (χ2n) is 5.35. The van der Waals surface area contributed by atoms with Crippen LogP contribution in [-0.4, -0.2) is 0 Å². The second kappa shape index (κ2) is 7.09. The third-order valence-corrected chi connectivity index (χ3v) is 5.48. The molecule has 2 aromatic carbocycles. The fourth-order valence-corrected chi connectivity index (χ4v) is 3.53. The second-order valence-corrected chi connectivity index (χ2v) is 7.67. The van der Waals surface area contributed by atoms with Crippen molar-refractivity contribution in [1.29, 1.82) is 0 Å². The molecule has 0 N–H and O–H groups in total. The molecule has 0 spiro atoms. The summed E-state index contributed by atoms with van der Waals surface area (Å²) >= 11 is 4.83. The molecule has 0 aliphatic carbocycles. The van der Waals surface area contributed by atoms with Gasteiger partial charge in [-0.15, -0.1) is 0 Å². The van der Waals surface area contributed by atoms with Gasteiger partial charge in [0.25, 0.3) is 0 Å². The van der Waals surface area contributed by atoms with Crippen LogP contribution in [0.25, 0.3) is 11.1 Å². The van der Waals surface area contributed by atoms with Crippen LogP contribution in [-0.2, 0) is 6.42 Å². The van der Waals surface area contributed by atoms with Gasteiger partial charge in [0.15, 0.2) is 0 Å². The van der Waals surface area contributed by atoms with E-state index in [0.717, 1.165) is 17.6 Å². The molecule has 0 heterocycles. The van der Waals surface area contributed by atoms with Gasteiger partial charge in [-0.05, 0) is 99.8 Å². The largest absolute Gasteiger partial charge is 0.0955 e. The smallest absolute Gasteiger partial charge is 0.0171 e. The maximum atomic E-state index is 4.01. The molecule has 21 heavy (non-hydrogen) atoms. The van der Waals surface area contributed by atoms with E-state index in [-0.39, 0.29) is 0 Å². The summed E-state index contributed by atoms with van der Waals surface area (Å²) < 4.78 is 2.60. The average molecular weight is 500 g/mol. The summed E-state index contributed by atoms with van der Waals surface area (Å²) in [5, 5.41) is 0. The van der Waals surface area contributed by atoms with Gasteiger partial charge in [0, 0.05) is 7.14 Å². The van der Waals surface area contributed by atoms with E-state index >= 15 is 0 Å². The van der Waals surface area contributed by atoms with E-state index in [9.17, 15) is 0 Å². The number of hydrogen-bond acceptors (Lipinski definition) is 0. The van der Waals surface area contributed by atoms with Gasteiger partial charge in [-0.25, -0.2) is 0 Å². The quantitative estimate of drug-likeness (QED) is 0.418. The van der Waals surface area contributed by atoms with Crippen molar-refractivity contribution in [2.45, 2.75) is 20.3 Å². The fraction of sp³-hybridized carbons (Fsp3) is 0.158. The van der Waals surface area contributed by atoms with Gasteiger partial charge in [0.05, 0.1) is 0 Å². The predicted molar refractivity (Wildman–Crippen MR) is 111 cm³/mol. The van der Waals surface area contributed by atoms with Gasteiger partial charge >= 0.3 is 0 Å². The van der Waals surface area contributed by atoms with Gasteiger partial charge in [-0.3, -0.25) is 0 Å². The highest BCUT2D eigenvalue weighted by atomic mass is 127. The summed E-state index contributed by atoms with van der Waals surface area (Å²) in [6.07, 6.45) is 0.962. The average Bonchev–Trinajstić information content (AvgIpc) is 2.42. The summed E-state index contributed by atoms with van der Waals surface area (Å²) in [5.41, 5.74) is 7.38. The topological polar surface area (TPSA) is 0 Å². The van der Waals surface area contributed by atoms with Crippen LogP contribution in [0, 0.1) is 7.14 Å². The van der Waals surface area contributed by atoms with Crippen molar-refractivity contribution in [3.63, 3.8) is 0 Å². The first-order valence-corrected chi connectivity index (χ1v) is 8.93. The monoisotopic (exact) mass is 500 g/mol. The number of benzene rings is 2. The van der Waals surface area contributed by atoms with Gasteiger partial charge in [0.2, 0.25) is 0 Å². The normalized spacial score (nSPS) is 10.5. The summed E-state index contributed by atoms with van der Waals surface area (Å²) in [7, 11) is 0. The lowest BCUT2D eigenvalue weighted by Crippen LogP contribution is -1.96. The number of hydrogen-bond donors (Lipinski definition) is 0. The number of halogens is 2. The van der Waals surface area contributed by atoms with Crippen LogP contribution < -0.4 is 0 Å². The molecule has 0 atom stereocenters. The Kier molecular flexibility index (Phi) is 5.66. The lowest BCUT2D eigenvalue weighted by Gasteiger charge is -2.10. The highest BCUT2D eigenvalue weighted by Gasteiger charge is 2.07. The molecule has 0 radical (unpaired) electrons. The van der Waals surface area contributed by atoms with Gasteiger partial charge in [-0.2, -0.15) is 0 Å². The zero-order valence-corrected chi connectivity index (χ0v) is 16.7. The molecule has 0 saturated heterocycles. The van der Waals surface area contributed by atoms with E-state index in [2.05, 4.69) is 94.7 Å². The van der Waals surface area contributed by atoms with Crippen LogP contribution in [0.5, 0.6) is 0 Å². The highest BCUT2D eigenvalue weighted by Crippen LogP contribution is 2.25. The Morgan fingerprint density at radius 2 is 1.19 bits per heavy atom. The molecule has 0 aliphatic heterocycles. The van der Waals surface area contributed by atoms with Gasteiger partial charge < -0.3 is 0 Å².